The first-order chi connectivity index (χ1) is 16.5. The molecule has 1 amide bonds. The Morgan fingerprint density at radius 1 is 1.18 bits per heavy atom. The lowest BCUT2D eigenvalue weighted by atomic mass is 9.87. The molecular weight excluding hydrogens is 442 g/mol. The van der Waals surface area contributed by atoms with Gasteiger partial charge in [0.2, 0.25) is 0 Å². The van der Waals surface area contributed by atoms with Gasteiger partial charge in [-0.3, -0.25) is 14.5 Å². The number of alkyl halides is 2. The van der Waals surface area contributed by atoms with E-state index < -0.39 is 18.0 Å². The maximum absolute atomic E-state index is 13.7. The Morgan fingerprint density at radius 2 is 1.88 bits per heavy atom. The molecular formula is C24H32F2N6O2. The predicted molar refractivity (Wildman–Crippen MR) is 127 cm³/mol. The number of aliphatic imine (C=N–C) groups is 2. The van der Waals surface area contributed by atoms with Gasteiger partial charge in [-0.25, -0.2) is 13.8 Å². The zero-order valence-electron chi connectivity index (χ0n) is 19.9. The molecule has 0 radical (unpaired) electrons. The first-order valence-corrected chi connectivity index (χ1v) is 12.1. The number of hydrogen-bond donors (Lipinski definition) is 1. The van der Waals surface area contributed by atoms with Crippen molar-refractivity contribution in [1.29, 1.82) is 0 Å². The van der Waals surface area contributed by atoms with Gasteiger partial charge in [0.05, 0.1) is 36.2 Å². The Balaban J connectivity index is 0.00000133. The molecule has 1 saturated heterocycles. The fourth-order valence-corrected chi connectivity index (χ4v) is 4.55. The first-order valence-electron chi connectivity index (χ1n) is 12.1. The van der Waals surface area contributed by atoms with E-state index >= 15 is 0 Å². The number of ether oxygens (including phenoxy) is 1. The summed E-state index contributed by atoms with van der Waals surface area (Å²) >= 11 is 0. The van der Waals surface area contributed by atoms with E-state index in [1.165, 1.54) is 12.4 Å². The summed E-state index contributed by atoms with van der Waals surface area (Å²) in [7, 11) is 0. The number of carbonyl (C=O) groups excluding carboxylic acids is 1. The van der Waals surface area contributed by atoms with Crippen LogP contribution in [0.4, 0.5) is 14.5 Å². The number of fused-ring (bicyclic) bond motifs is 1. The van der Waals surface area contributed by atoms with Crippen LogP contribution in [0.1, 0.15) is 64.6 Å². The third-order valence-electron chi connectivity index (χ3n) is 6.48. The van der Waals surface area contributed by atoms with Crippen molar-refractivity contribution in [3.8, 4) is 0 Å². The van der Waals surface area contributed by atoms with E-state index in [0.29, 0.717) is 30.6 Å². The highest BCUT2D eigenvalue weighted by molar-refractivity contribution is 6.60. The zero-order valence-corrected chi connectivity index (χ0v) is 19.9. The summed E-state index contributed by atoms with van der Waals surface area (Å²) in [4.78, 5) is 23.9. The molecule has 4 aliphatic rings. The van der Waals surface area contributed by atoms with Crippen molar-refractivity contribution < 1.29 is 18.3 Å². The number of aromatic nitrogens is 2. The standard InChI is InChI=1S/C22H26F2N6O2.C2H6/c1-13-2-4-14(5-3-13)30-12-17(20(28-30)21(23)24)26-22(31)15-11-25-16-10-18(27-19(15)16)29-6-8-32-9-7-29;1-2/h10-14,21H,2-9H2,1H3,(H,26,31);1-2H3. The van der Waals surface area contributed by atoms with Crippen molar-refractivity contribution in [2.24, 2.45) is 15.9 Å². The maximum Gasteiger partial charge on any atom is 0.284 e. The second kappa shape index (κ2) is 10.6. The van der Waals surface area contributed by atoms with Crippen LogP contribution in [0.2, 0.25) is 0 Å². The number of amides is 1. The number of halogens is 2. The van der Waals surface area contributed by atoms with Crippen molar-refractivity contribution in [2.45, 2.75) is 58.9 Å². The molecule has 1 aliphatic carbocycles. The molecule has 0 aromatic carbocycles. The molecule has 34 heavy (non-hydrogen) atoms. The zero-order chi connectivity index (χ0) is 24.2. The van der Waals surface area contributed by atoms with Gasteiger partial charge in [-0.05, 0) is 31.6 Å². The van der Waals surface area contributed by atoms with Crippen LogP contribution >= 0.6 is 0 Å². The maximum atomic E-state index is 13.7. The molecule has 0 unspecified atom stereocenters. The molecule has 1 aromatic rings. The Bertz CT molecular complexity index is 1030. The minimum atomic E-state index is -2.78. The van der Waals surface area contributed by atoms with Gasteiger partial charge in [0.1, 0.15) is 11.5 Å². The molecule has 10 heteroatoms. The largest absolute Gasteiger partial charge is 0.378 e. The highest BCUT2D eigenvalue weighted by Crippen LogP contribution is 2.35. The smallest absolute Gasteiger partial charge is 0.284 e. The van der Waals surface area contributed by atoms with Gasteiger partial charge in [0.15, 0.2) is 5.69 Å². The second-order valence-corrected chi connectivity index (χ2v) is 8.70. The average molecular weight is 475 g/mol. The summed E-state index contributed by atoms with van der Waals surface area (Å²) in [6.07, 6.45) is 5.91. The third kappa shape index (κ3) is 4.96. The summed E-state index contributed by atoms with van der Waals surface area (Å²) < 4.78 is 34.3. The van der Waals surface area contributed by atoms with Gasteiger partial charge in [-0.15, -0.1) is 0 Å². The van der Waals surface area contributed by atoms with Crippen LogP contribution in [-0.2, 0) is 9.53 Å². The molecule has 0 atom stereocenters. The molecule has 1 N–H and O–H groups in total. The molecule has 3 aliphatic heterocycles. The van der Waals surface area contributed by atoms with Crippen molar-refractivity contribution in [1.82, 2.24) is 14.7 Å². The lowest BCUT2D eigenvalue weighted by Gasteiger charge is -2.27. The summed E-state index contributed by atoms with van der Waals surface area (Å²) in [5.74, 6) is 0.869. The van der Waals surface area contributed by atoms with Crippen LogP contribution in [0.25, 0.3) is 0 Å². The van der Waals surface area contributed by atoms with Crippen molar-refractivity contribution in [3.05, 3.63) is 35.6 Å². The Labute approximate surface area is 198 Å². The summed E-state index contributed by atoms with van der Waals surface area (Å²) in [5.41, 5.74) is 0.975. The Kier molecular flexibility index (Phi) is 7.55. The van der Waals surface area contributed by atoms with Crippen LogP contribution in [0.3, 0.4) is 0 Å². The average Bonchev–Trinajstić information content (AvgIpc) is 3.56. The fourth-order valence-electron chi connectivity index (χ4n) is 4.55. The highest BCUT2D eigenvalue weighted by atomic mass is 19.3. The first kappa shape index (κ1) is 24.3. The van der Waals surface area contributed by atoms with E-state index in [1.54, 1.807) is 4.68 Å². The van der Waals surface area contributed by atoms with Gasteiger partial charge >= 0.3 is 0 Å². The van der Waals surface area contributed by atoms with E-state index in [2.05, 4.69) is 32.2 Å². The minimum absolute atomic E-state index is 0.0398. The van der Waals surface area contributed by atoms with Crippen molar-refractivity contribution in [2.75, 3.05) is 31.6 Å². The van der Waals surface area contributed by atoms with Crippen molar-refractivity contribution >= 4 is 23.0 Å². The number of nitrogens with zero attached hydrogens (tertiary/aromatic N) is 5. The molecule has 1 saturated carbocycles. The molecule has 1 aromatic heterocycles. The van der Waals surface area contributed by atoms with Crippen LogP contribution < -0.4 is 5.32 Å². The molecule has 0 spiro atoms. The molecule has 8 nitrogen and oxygen atoms in total. The van der Waals surface area contributed by atoms with Crippen molar-refractivity contribution in [3.63, 3.8) is 0 Å². The fraction of sp³-hybridized carbons (Fsp3) is 0.583. The monoisotopic (exact) mass is 474 g/mol. The topological polar surface area (TPSA) is 84.1 Å². The predicted octanol–water partition coefficient (Wildman–Crippen LogP) is 4.50. The summed E-state index contributed by atoms with van der Waals surface area (Å²) in [6.45, 7) is 8.89. The normalized spacial score (nSPS) is 24.0. The number of morpholine rings is 1. The van der Waals surface area contributed by atoms with Crippen LogP contribution in [0.15, 0.2) is 39.9 Å². The quantitative estimate of drug-likeness (QED) is 0.681. The van der Waals surface area contributed by atoms with Gasteiger partial charge in [-0.1, -0.05) is 20.8 Å². The highest BCUT2D eigenvalue weighted by Gasteiger charge is 2.32. The number of allylic oxidation sites excluding steroid dienone is 1. The van der Waals surface area contributed by atoms with Gasteiger partial charge < -0.3 is 15.0 Å². The number of carbonyl (C=O) groups is 1. The van der Waals surface area contributed by atoms with Gasteiger partial charge in [0, 0.05) is 31.6 Å². The molecule has 0 bridgehead atoms. The number of anilines is 1. The molecule has 184 valence electrons. The lowest BCUT2D eigenvalue weighted by molar-refractivity contribution is -0.112. The van der Waals surface area contributed by atoms with Crippen LogP contribution in [0, 0.1) is 5.92 Å². The Hall–Kier alpha value is -2.88. The summed E-state index contributed by atoms with van der Waals surface area (Å²) in [5, 5.41) is 6.75. The third-order valence-corrected chi connectivity index (χ3v) is 6.48. The second-order valence-electron chi connectivity index (χ2n) is 8.70. The van der Waals surface area contributed by atoms with Crippen LogP contribution in [-0.4, -0.2) is 58.3 Å². The number of rotatable bonds is 5. The van der Waals surface area contributed by atoms with E-state index in [4.69, 9.17) is 4.74 Å². The van der Waals surface area contributed by atoms with Gasteiger partial charge in [-0.2, -0.15) is 5.10 Å². The van der Waals surface area contributed by atoms with Crippen LogP contribution in [0.5, 0.6) is 0 Å². The molecule has 2 fully saturated rings. The lowest BCUT2D eigenvalue weighted by Crippen LogP contribution is -2.34. The molecule has 5 rings (SSSR count). The molecule has 4 heterocycles. The van der Waals surface area contributed by atoms with E-state index in [1.807, 2.05) is 19.9 Å². The number of hydrogen-bond acceptors (Lipinski definition) is 6. The SMILES string of the molecule is CC.CC1CCC(n2cc(NC(=O)C3=CN=C4C=C(N5CCOCC5)N=C34)c(C(F)F)n2)CC1. The number of nitrogens with one attached hydrogen (secondary N) is 1. The van der Waals surface area contributed by atoms with Gasteiger partial charge in [0.25, 0.3) is 12.3 Å². The van der Waals surface area contributed by atoms with E-state index in [0.717, 1.165) is 44.6 Å². The van der Waals surface area contributed by atoms with E-state index in [-0.39, 0.29) is 17.3 Å². The minimum Gasteiger partial charge on any atom is -0.378 e. The summed E-state index contributed by atoms with van der Waals surface area (Å²) in [6, 6.07) is 0.0782. The Morgan fingerprint density at radius 3 is 2.56 bits per heavy atom. The van der Waals surface area contributed by atoms with E-state index in [9.17, 15) is 13.6 Å².